The highest BCUT2D eigenvalue weighted by Crippen LogP contribution is 2.24. The number of aryl methyl sites for hydroxylation is 1. The lowest BCUT2D eigenvalue weighted by molar-refractivity contribution is 0.557. The van der Waals surface area contributed by atoms with Gasteiger partial charge in [-0.15, -0.1) is 5.10 Å². The normalized spacial score (nSPS) is 10.7. The number of rotatable bonds is 4. The van der Waals surface area contributed by atoms with Crippen LogP contribution in [0.2, 0.25) is 5.02 Å². The molecule has 0 saturated carbocycles. The van der Waals surface area contributed by atoms with Gasteiger partial charge in [0.1, 0.15) is 0 Å². The Kier molecular flexibility index (Phi) is 3.58. The number of unbranched alkanes of at least 4 members (excludes halogenated alkanes) is 1. The summed E-state index contributed by atoms with van der Waals surface area (Å²) in [5, 5.41) is 12.2. The van der Waals surface area contributed by atoms with Crippen LogP contribution in [-0.2, 0) is 6.54 Å². The highest BCUT2D eigenvalue weighted by molar-refractivity contribution is 6.31. The minimum absolute atomic E-state index is 0.588. The van der Waals surface area contributed by atoms with Gasteiger partial charge in [0.05, 0.1) is 0 Å². The van der Waals surface area contributed by atoms with Gasteiger partial charge in [0, 0.05) is 22.8 Å². The van der Waals surface area contributed by atoms with E-state index >= 15 is 0 Å². The van der Waals surface area contributed by atoms with Gasteiger partial charge in [-0.3, -0.25) is 0 Å². The molecule has 17 heavy (non-hydrogen) atoms. The average Bonchev–Trinajstić information content (AvgIpc) is 2.73. The molecule has 1 heterocycles. The fraction of sp³-hybridized carbons (Fsp3) is 0.364. The van der Waals surface area contributed by atoms with Crippen molar-refractivity contribution in [1.29, 1.82) is 0 Å². The number of nitrogens with two attached hydrogens (primary N) is 1. The maximum Gasteiger partial charge on any atom is 0.182 e. The first kappa shape index (κ1) is 11.9. The van der Waals surface area contributed by atoms with Crippen LogP contribution >= 0.6 is 11.6 Å². The molecule has 0 atom stereocenters. The van der Waals surface area contributed by atoms with Crippen LogP contribution in [-0.4, -0.2) is 20.2 Å². The molecule has 0 spiro atoms. The van der Waals surface area contributed by atoms with E-state index in [2.05, 4.69) is 22.4 Å². The summed E-state index contributed by atoms with van der Waals surface area (Å²) in [5.41, 5.74) is 7.21. The van der Waals surface area contributed by atoms with E-state index in [-0.39, 0.29) is 0 Å². The van der Waals surface area contributed by atoms with Gasteiger partial charge in [-0.1, -0.05) is 24.9 Å². The second-order valence-corrected chi connectivity index (χ2v) is 4.29. The van der Waals surface area contributed by atoms with E-state index in [0.29, 0.717) is 16.5 Å². The first-order valence-electron chi connectivity index (χ1n) is 5.53. The third-order valence-electron chi connectivity index (χ3n) is 2.43. The van der Waals surface area contributed by atoms with Crippen molar-refractivity contribution in [3.63, 3.8) is 0 Å². The summed E-state index contributed by atoms with van der Waals surface area (Å²) in [7, 11) is 0. The number of nitrogens with zero attached hydrogens (tertiary/aromatic N) is 4. The van der Waals surface area contributed by atoms with Gasteiger partial charge in [0.25, 0.3) is 0 Å². The van der Waals surface area contributed by atoms with Crippen LogP contribution in [0.3, 0.4) is 0 Å². The predicted octanol–water partition coefficient (Wildman–Crippen LogP) is 2.38. The standard InChI is InChI=1S/C11H14ClN5/c1-2-3-4-17-11(14-15-16-17)8-5-9(12)7-10(13)6-8/h5-7H,2-4,13H2,1H3. The van der Waals surface area contributed by atoms with E-state index < -0.39 is 0 Å². The van der Waals surface area contributed by atoms with E-state index in [1.54, 1.807) is 10.7 Å². The minimum atomic E-state index is 0.588. The Morgan fingerprint density at radius 1 is 1.35 bits per heavy atom. The molecule has 0 aliphatic rings. The topological polar surface area (TPSA) is 69.6 Å². The molecule has 90 valence electrons. The minimum Gasteiger partial charge on any atom is -0.399 e. The molecule has 6 heteroatoms. The quantitative estimate of drug-likeness (QED) is 0.847. The summed E-state index contributed by atoms with van der Waals surface area (Å²) in [6, 6.07) is 5.33. The first-order chi connectivity index (χ1) is 8.20. The molecule has 0 bridgehead atoms. The fourth-order valence-corrected chi connectivity index (χ4v) is 1.85. The molecule has 1 aromatic heterocycles. The third kappa shape index (κ3) is 2.74. The predicted molar refractivity (Wildman–Crippen MR) is 67.6 cm³/mol. The second kappa shape index (κ2) is 5.14. The maximum absolute atomic E-state index is 5.97. The number of anilines is 1. The zero-order chi connectivity index (χ0) is 12.3. The van der Waals surface area contributed by atoms with Gasteiger partial charge in [0.15, 0.2) is 5.82 Å². The van der Waals surface area contributed by atoms with Gasteiger partial charge < -0.3 is 5.73 Å². The molecule has 1 aromatic carbocycles. The molecule has 0 fully saturated rings. The number of hydrogen-bond acceptors (Lipinski definition) is 4. The van der Waals surface area contributed by atoms with Gasteiger partial charge in [-0.25, -0.2) is 4.68 Å². The van der Waals surface area contributed by atoms with Crippen molar-refractivity contribution in [2.75, 3.05) is 5.73 Å². The van der Waals surface area contributed by atoms with Crippen LogP contribution < -0.4 is 5.73 Å². The Balaban J connectivity index is 2.35. The van der Waals surface area contributed by atoms with E-state index in [4.69, 9.17) is 17.3 Å². The molecule has 0 amide bonds. The van der Waals surface area contributed by atoms with Crippen molar-refractivity contribution in [1.82, 2.24) is 20.2 Å². The summed E-state index contributed by atoms with van der Waals surface area (Å²) in [4.78, 5) is 0. The molecule has 0 unspecified atom stereocenters. The Labute approximate surface area is 105 Å². The molecule has 2 rings (SSSR count). The van der Waals surface area contributed by atoms with Gasteiger partial charge in [-0.05, 0) is 35.0 Å². The number of aromatic nitrogens is 4. The smallest absolute Gasteiger partial charge is 0.182 e. The van der Waals surface area contributed by atoms with Crippen LogP contribution in [0.4, 0.5) is 5.69 Å². The van der Waals surface area contributed by atoms with Crippen LogP contribution in [0.25, 0.3) is 11.4 Å². The lowest BCUT2D eigenvalue weighted by Gasteiger charge is -2.05. The molecule has 0 aliphatic carbocycles. The summed E-state index contributed by atoms with van der Waals surface area (Å²) in [6.07, 6.45) is 2.13. The SMILES string of the molecule is CCCCn1nnnc1-c1cc(N)cc(Cl)c1. The van der Waals surface area contributed by atoms with E-state index in [0.717, 1.165) is 24.9 Å². The number of nitrogen functional groups attached to an aromatic ring is 1. The molecular weight excluding hydrogens is 238 g/mol. The summed E-state index contributed by atoms with van der Waals surface area (Å²) < 4.78 is 1.77. The van der Waals surface area contributed by atoms with Crippen molar-refractivity contribution in [3.8, 4) is 11.4 Å². The summed E-state index contributed by atoms with van der Waals surface area (Å²) in [5.74, 6) is 0.702. The number of hydrogen-bond donors (Lipinski definition) is 1. The Morgan fingerprint density at radius 2 is 2.18 bits per heavy atom. The van der Waals surface area contributed by atoms with Crippen LogP contribution in [0.15, 0.2) is 18.2 Å². The van der Waals surface area contributed by atoms with E-state index in [9.17, 15) is 0 Å². The van der Waals surface area contributed by atoms with E-state index in [1.807, 2.05) is 12.1 Å². The highest BCUT2D eigenvalue weighted by atomic mass is 35.5. The molecule has 2 aromatic rings. The molecule has 5 nitrogen and oxygen atoms in total. The van der Waals surface area contributed by atoms with Crippen LogP contribution in [0, 0.1) is 0 Å². The Hall–Kier alpha value is -1.62. The van der Waals surface area contributed by atoms with Crippen LogP contribution in [0.1, 0.15) is 19.8 Å². The third-order valence-corrected chi connectivity index (χ3v) is 2.65. The van der Waals surface area contributed by atoms with Gasteiger partial charge in [0.2, 0.25) is 0 Å². The van der Waals surface area contributed by atoms with Crippen molar-refractivity contribution in [3.05, 3.63) is 23.2 Å². The monoisotopic (exact) mass is 251 g/mol. The molecule has 2 N–H and O–H groups in total. The highest BCUT2D eigenvalue weighted by Gasteiger charge is 2.09. The fourth-order valence-electron chi connectivity index (χ4n) is 1.61. The number of tetrazole rings is 1. The van der Waals surface area contributed by atoms with E-state index in [1.165, 1.54) is 0 Å². The maximum atomic E-state index is 5.97. The number of benzene rings is 1. The van der Waals surface area contributed by atoms with Gasteiger partial charge in [-0.2, -0.15) is 0 Å². The van der Waals surface area contributed by atoms with Crippen molar-refractivity contribution >= 4 is 17.3 Å². The zero-order valence-corrected chi connectivity index (χ0v) is 10.4. The molecule has 0 radical (unpaired) electrons. The second-order valence-electron chi connectivity index (χ2n) is 3.85. The Bertz CT molecular complexity index is 488. The van der Waals surface area contributed by atoms with Gasteiger partial charge >= 0.3 is 0 Å². The zero-order valence-electron chi connectivity index (χ0n) is 9.60. The number of halogens is 1. The lowest BCUT2D eigenvalue weighted by atomic mass is 10.2. The molecule has 0 aliphatic heterocycles. The molecular formula is C11H14ClN5. The lowest BCUT2D eigenvalue weighted by Crippen LogP contribution is -2.03. The summed E-state index contributed by atoms with van der Waals surface area (Å²) in [6.45, 7) is 2.92. The first-order valence-corrected chi connectivity index (χ1v) is 5.91. The largest absolute Gasteiger partial charge is 0.399 e. The van der Waals surface area contributed by atoms with Crippen molar-refractivity contribution in [2.45, 2.75) is 26.3 Å². The van der Waals surface area contributed by atoms with Crippen LogP contribution in [0.5, 0.6) is 0 Å². The van der Waals surface area contributed by atoms with Crippen molar-refractivity contribution in [2.24, 2.45) is 0 Å². The average molecular weight is 252 g/mol. The van der Waals surface area contributed by atoms with Crippen molar-refractivity contribution < 1.29 is 0 Å². The molecule has 0 saturated heterocycles. The summed E-state index contributed by atoms with van der Waals surface area (Å²) >= 11 is 5.97. The Morgan fingerprint density at radius 3 is 2.88 bits per heavy atom.